The standard InChI is InChI=1S/C26H28N4O.C13H19IN2O.2CH4/c31-26-13-11-22(19-29(26)17-7-16-28-14-5-2-6-15-28)21-10-12-25-24(18-21)27-20-30(25)23-8-3-1-4-9-23;14-12-5-6-13(17)16(11-12)10-4-9-15-7-2-1-3-8-15;;/h1,3-4,8-13,18-20H,2,5-7,14-17H2;5-6,11H,1-4,7-10H2;2*1H4. The molecule has 268 valence electrons. The van der Waals surface area contributed by atoms with E-state index in [2.05, 4.69) is 72.3 Å². The number of halogens is 1. The zero-order valence-electron chi connectivity index (χ0n) is 27.9. The lowest BCUT2D eigenvalue weighted by atomic mass is 10.1. The lowest BCUT2D eigenvalue weighted by Gasteiger charge is -2.26. The lowest BCUT2D eigenvalue weighted by molar-refractivity contribution is 0.222. The van der Waals surface area contributed by atoms with Crippen molar-refractivity contribution >= 4 is 33.6 Å². The Bertz CT molecular complexity index is 1870. The van der Waals surface area contributed by atoms with E-state index in [1.165, 1.54) is 64.7 Å². The van der Waals surface area contributed by atoms with E-state index in [-0.39, 0.29) is 26.0 Å². The van der Waals surface area contributed by atoms with Crippen LogP contribution in [0.25, 0.3) is 27.8 Å². The Morgan fingerprint density at radius 3 is 1.78 bits per heavy atom. The number of aryl methyl sites for hydroxylation is 2. The summed E-state index contributed by atoms with van der Waals surface area (Å²) in [5.74, 6) is 0. The minimum absolute atomic E-state index is 0. The average molecular weight is 791 g/mol. The number of pyridine rings is 2. The Morgan fingerprint density at radius 2 is 1.16 bits per heavy atom. The molecule has 0 radical (unpaired) electrons. The topological polar surface area (TPSA) is 68.3 Å². The number of nitrogens with zero attached hydrogens (tertiary/aromatic N) is 6. The first-order chi connectivity index (χ1) is 23.5. The third-order valence-corrected chi connectivity index (χ3v) is 10.1. The van der Waals surface area contributed by atoms with Gasteiger partial charge in [-0.15, -0.1) is 0 Å². The van der Waals surface area contributed by atoms with Crippen molar-refractivity contribution in [2.75, 3.05) is 39.3 Å². The number of para-hydroxylation sites is 1. The lowest BCUT2D eigenvalue weighted by Crippen LogP contribution is -2.31. The van der Waals surface area contributed by atoms with Gasteiger partial charge in [-0.25, -0.2) is 4.98 Å². The van der Waals surface area contributed by atoms with Crippen molar-refractivity contribution in [1.82, 2.24) is 28.5 Å². The van der Waals surface area contributed by atoms with Gasteiger partial charge < -0.3 is 18.9 Å². The van der Waals surface area contributed by atoms with Crippen LogP contribution >= 0.6 is 22.6 Å². The number of aromatic nitrogens is 4. The van der Waals surface area contributed by atoms with E-state index in [9.17, 15) is 9.59 Å². The van der Waals surface area contributed by atoms with Gasteiger partial charge >= 0.3 is 0 Å². The van der Waals surface area contributed by atoms with Crippen molar-refractivity contribution in [2.24, 2.45) is 0 Å². The van der Waals surface area contributed by atoms with Gasteiger partial charge in [-0.3, -0.25) is 14.2 Å². The summed E-state index contributed by atoms with van der Waals surface area (Å²) >= 11 is 2.25. The highest BCUT2D eigenvalue weighted by molar-refractivity contribution is 14.1. The molecule has 2 aliphatic heterocycles. The second-order valence-electron chi connectivity index (χ2n) is 13.0. The monoisotopic (exact) mass is 790 g/mol. The van der Waals surface area contributed by atoms with Crippen molar-refractivity contribution in [1.29, 1.82) is 0 Å². The molecule has 9 heteroatoms. The number of likely N-dealkylation sites (tertiary alicyclic amines) is 2. The van der Waals surface area contributed by atoms with Crippen molar-refractivity contribution in [3.05, 3.63) is 116 Å². The largest absolute Gasteiger partial charge is 0.315 e. The first-order valence-corrected chi connectivity index (χ1v) is 18.7. The number of hydrogen-bond acceptors (Lipinski definition) is 5. The minimum atomic E-state index is 0. The van der Waals surface area contributed by atoms with Crippen LogP contribution in [0.3, 0.4) is 0 Å². The molecular formula is C41H55IN6O2. The first kappa shape index (κ1) is 39.2. The molecule has 2 aliphatic rings. The highest BCUT2D eigenvalue weighted by Crippen LogP contribution is 2.25. The molecule has 8 nitrogen and oxygen atoms in total. The fourth-order valence-corrected chi connectivity index (χ4v) is 7.35. The predicted molar refractivity (Wildman–Crippen MR) is 217 cm³/mol. The number of fused-ring (bicyclic) bond motifs is 1. The van der Waals surface area contributed by atoms with Gasteiger partial charge in [0.05, 0.1) is 11.0 Å². The molecule has 0 unspecified atom stereocenters. The van der Waals surface area contributed by atoms with Gasteiger partial charge in [-0.1, -0.05) is 52.0 Å². The number of imidazole rings is 1. The summed E-state index contributed by atoms with van der Waals surface area (Å²) in [4.78, 5) is 33.6. The van der Waals surface area contributed by atoms with E-state index in [0.717, 1.165) is 70.4 Å². The zero-order valence-corrected chi connectivity index (χ0v) is 30.0. The molecule has 0 atom stereocenters. The molecule has 2 fully saturated rings. The number of benzene rings is 2. The van der Waals surface area contributed by atoms with Gasteiger partial charge in [0.2, 0.25) is 0 Å². The third kappa shape index (κ3) is 10.7. The molecule has 0 N–H and O–H groups in total. The second-order valence-corrected chi connectivity index (χ2v) is 14.2. The predicted octanol–water partition coefficient (Wildman–Crippen LogP) is 8.33. The summed E-state index contributed by atoms with van der Waals surface area (Å²) in [7, 11) is 0. The summed E-state index contributed by atoms with van der Waals surface area (Å²) in [6.45, 7) is 8.66. The Balaban J connectivity index is 0.000000253. The van der Waals surface area contributed by atoms with Crippen LogP contribution in [0.5, 0.6) is 0 Å². The summed E-state index contributed by atoms with van der Waals surface area (Å²) in [6.07, 6.45) is 15.9. The van der Waals surface area contributed by atoms with Gasteiger partial charge in [0.25, 0.3) is 11.1 Å². The Morgan fingerprint density at radius 1 is 0.600 bits per heavy atom. The minimum Gasteiger partial charge on any atom is -0.315 e. The van der Waals surface area contributed by atoms with Crippen LogP contribution in [0, 0.1) is 3.57 Å². The molecule has 5 aromatic rings. The number of rotatable bonds is 10. The summed E-state index contributed by atoms with van der Waals surface area (Å²) in [6, 6.07) is 23.7. The molecule has 3 aromatic heterocycles. The van der Waals surface area contributed by atoms with Crippen LogP contribution in [0.2, 0.25) is 0 Å². The van der Waals surface area contributed by atoms with Crippen molar-refractivity contribution in [2.45, 2.75) is 79.3 Å². The van der Waals surface area contributed by atoms with Gasteiger partial charge in [0.15, 0.2) is 0 Å². The summed E-state index contributed by atoms with van der Waals surface area (Å²) in [5.41, 5.74) is 5.43. The van der Waals surface area contributed by atoms with Crippen LogP contribution in [-0.4, -0.2) is 67.8 Å². The molecule has 2 saturated heterocycles. The highest BCUT2D eigenvalue weighted by atomic mass is 127. The molecule has 0 amide bonds. The molecule has 7 rings (SSSR count). The number of hydrogen-bond donors (Lipinski definition) is 0. The summed E-state index contributed by atoms with van der Waals surface area (Å²) in [5, 5.41) is 0. The molecular weight excluding hydrogens is 735 g/mol. The number of piperidine rings is 2. The van der Waals surface area contributed by atoms with Crippen LogP contribution in [0.4, 0.5) is 0 Å². The second kappa shape index (κ2) is 19.7. The Labute approximate surface area is 311 Å². The van der Waals surface area contributed by atoms with E-state index in [1.807, 2.05) is 58.2 Å². The molecule has 0 saturated carbocycles. The molecule has 5 heterocycles. The Hall–Kier alpha value is -3.54. The fourth-order valence-electron chi connectivity index (χ4n) is 6.84. The van der Waals surface area contributed by atoms with Gasteiger partial charge in [0.1, 0.15) is 6.33 Å². The average Bonchev–Trinajstić information content (AvgIpc) is 3.56. The van der Waals surface area contributed by atoms with Crippen molar-refractivity contribution in [3.8, 4) is 16.8 Å². The molecule has 2 aromatic carbocycles. The summed E-state index contributed by atoms with van der Waals surface area (Å²) < 4.78 is 6.90. The zero-order chi connectivity index (χ0) is 33.1. The SMILES string of the molecule is C.C.O=c1ccc(-c2ccc3c(c2)ncn3-c2ccccc2)cn1CCCN1CCCCC1.O=c1ccc(I)cn1CCCN1CCCCC1. The normalized spacial score (nSPS) is 15.1. The molecule has 0 aliphatic carbocycles. The highest BCUT2D eigenvalue weighted by Gasteiger charge is 2.12. The van der Waals surface area contributed by atoms with Crippen LogP contribution < -0.4 is 11.1 Å². The van der Waals surface area contributed by atoms with Crippen LogP contribution in [-0.2, 0) is 13.1 Å². The van der Waals surface area contributed by atoms with Crippen LogP contribution in [0.1, 0.15) is 66.2 Å². The van der Waals surface area contributed by atoms with E-state index < -0.39 is 0 Å². The molecule has 0 bridgehead atoms. The van der Waals surface area contributed by atoms with Gasteiger partial charge in [0, 0.05) is 46.9 Å². The first-order valence-electron chi connectivity index (χ1n) is 17.6. The van der Waals surface area contributed by atoms with Crippen molar-refractivity contribution < 1.29 is 0 Å². The fraction of sp³-hybridized carbons (Fsp3) is 0.439. The maximum atomic E-state index is 12.4. The maximum absolute atomic E-state index is 12.4. The van der Waals surface area contributed by atoms with Crippen LogP contribution in [0.15, 0.2) is 101 Å². The maximum Gasteiger partial charge on any atom is 0.250 e. The Kier molecular flexibility index (Phi) is 15.5. The van der Waals surface area contributed by atoms with E-state index >= 15 is 0 Å². The molecule has 0 spiro atoms. The van der Waals surface area contributed by atoms with E-state index in [1.54, 1.807) is 12.1 Å². The van der Waals surface area contributed by atoms with E-state index in [0.29, 0.717) is 0 Å². The van der Waals surface area contributed by atoms with Gasteiger partial charge in [-0.05, 0) is 148 Å². The molecule has 50 heavy (non-hydrogen) atoms. The third-order valence-electron chi connectivity index (χ3n) is 9.49. The van der Waals surface area contributed by atoms with E-state index in [4.69, 9.17) is 0 Å². The smallest absolute Gasteiger partial charge is 0.250 e. The van der Waals surface area contributed by atoms with Gasteiger partial charge in [-0.2, -0.15) is 0 Å². The quantitative estimate of drug-likeness (QED) is 0.133. The van der Waals surface area contributed by atoms with Crippen molar-refractivity contribution in [3.63, 3.8) is 0 Å².